The number of hydrogen-bond donors (Lipinski definition) is 2. The van der Waals surface area contributed by atoms with Crippen LogP contribution < -0.4 is 0 Å². The maximum absolute atomic E-state index is 10.3. The Kier molecular flexibility index (Phi) is 7.84. The number of hydrogen-bond acceptors (Lipinski definition) is 5. The third-order valence-electron chi connectivity index (χ3n) is 0.741. The molecule has 2 N–H and O–H groups in total. The fourth-order valence-corrected chi connectivity index (χ4v) is 0.686. The molecule has 9 heteroatoms. The molecular weight excluding hydrogens is 232 g/mol. The van der Waals surface area contributed by atoms with Crippen molar-refractivity contribution in [3.63, 3.8) is 0 Å². The Labute approximate surface area is 104 Å². The van der Waals surface area contributed by atoms with E-state index in [1.165, 1.54) is 0 Å². The Hall–Kier alpha value is 0.110. The summed E-state index contributed by atoms with van der Waals surface area (Å²) in [5.74, 6) is -2.57. The van der Waals surface area contributed by atoms with Crippen LogP contribution in [-0.2, 0) is 24.2 Å². The van der Waals surface area contributed by atoms with Gasteiger partial charge in [-0.3, -0.25) is 14.1 Å². The van der Waals surface area contributed by atoms with Crippen molar-refractivity contribution < 1.29 is 31.8 Å². The van der Waals surface area contributed by atoms with Gasteiger partial charge in [-0.2, -0.15) is 8.42 Å². The summed E-state index contributed by atoms with van der Waals surface area (Å²) in [6.07, 6.45) is -1.15. The summed E-state index contributed by atoms with van der Waals surface area (Å²) >= 11 is 0. The van der Waals surface area contributed by atoms with Crippen molar-refractivity contribution in [2.75, 3.05) is 0 Å². The van der Waals surface area contributed by atoms with E-state index in [0.717, 1.165) is 0 Å². The van der Waals surface area contributed by atoms with Crippen LogP contribution in [0.3, 0.4) is 0 Å². The summed E-state index contributed by atoms with van der Waals surface area (Å²) in [6.45, 7) is 0. The average Bonchev–Trinajstić information content (AvgIpc) is 1.79. The molecule has 0 saturated carbocycles. The second kappa shape index (κ2) is 6.55. The van der Waals surface area contributed by atoms with Gasteiger partial charge in [-0.15, -0.1) is 0 Å². The zero-order chi connectivity index (χ0) is 9.78. The molecule has 13 heavy (non-hydrogen) atoms. The Morgan fingerprint density at radius 1 is 1.23 bits per heavy atom. The number of aliphatic carboxylic acids is 1. The molecule has 0 rings (SSSR count). The Morgan fingerprint density at radius 3 is 2.00 bits per heavy atom. The van der Waals surface area contributed by atoms with E-state index in [0.29, 0.717) is 0 Å². The molecule has 0 heterocycles. The van der Waals surface area contributed by atoms with Crippen LogP contribution in [0.2, 0.25) is 0 Å². The Morgan fingerprint density at radius 2 is 1.69 bits per heavy atom. The van der Waals surface area contributed by atoms with Crippen LogP contribution in [0.25, 0.3) is 0 Å². The fourth-order valence-electron chi connectivity index (χ4n) is 0.368. The van der Waals surface area contributed by atoms with Gasteiger partial charge in [0.15, 0.2) is 0 Å². The van der Waals surface area contributed by atoms with Gasteiger partial charge < -0.3 is 9.29 Å². The maximum atomic E-state index is 10.3. The minimum absolute atomic E-state index is 0. The first-order chi connectivity index (χ1) is 5.31. The normalized spacial score (nSPS) is 9.92. The summed E-state index contributed by atoms with van der Waals surface area (Å²) < 4.78 is 31.1. The standard InChI is InChI=1S/C4H6O7S.Ca.2H/c5-3(6)1-2-4(7)11-12(8,9)10;;;/h1-2H2,(H,5,6)(H,8,9,10);;;. The molecule has 0 aliphatic carbocycles. The second-order valence-electron chi connectivity index (χ2n) is 1.78. The average molecular weight is 240 g/mol. The van der Waals surface area contributed by atoms with E-state index in [1.807, 2.05) is 0 Å². The Bertz CT molecular complexity index is 281. The van der Waals surface area contributed by atoms with Gasteiger partial charge in [0.05, 0.1) is 12.8 Å². The Balaban J connectivity index is 0. The number of rotatable bonds is 4. The van der Waals surface area contributed by atoms with Gasteiger partial charge in [0.25, 0.3) is 0 Å². The molecule has 0 aromatic rings. The number of carbonyl (C=O) groups excluding carboxylic acids is 1. The van der Waals surface area contributed by atoms with Crippen molar-refractivity contribution in [3.05, 3.63) is 0 Å². The molecule has 0 saturated heterocycles. The first-order valence-corrected chi connectivity index (χ1v) is 4.09. The molecule has 0 spiro atoms. The molecule has 0 radical (unpaired) electrons. The summed E-state index contributed by atoms with van der Waals surface area (Å²) in [4.78, 5) is 20.2. The van der Waals surface area contributed by atoms with Gasteiger partial charge >= 0.3 is 60.1 Å². The van der Waals surface area contributed by atoms with Crippen molar-refractivity contribution in [3.8, 4) is 0 Å². The van der Waals surface area contributed by atoms with Crippen molar-refractivity contribution in [1.82, 2.24) is 0 Å². The predicted molar refractivity (Wildman–Crippen MR) is 43.1 cm³/mol. The molecule has 0 aliphatic rings. The minimum atomic E-state index is -4.81. The van der Waals surface area contributed by atoms with Crippen LogP contribution >= 0.6 is 0 Å². The van der Waals surface area contributed by atoms with Crippen LogP contribution in [-0.4, -0.2) is 67.8 Å². The van der Waals surface area contributed by atoms with Gasteiger partial charge in [0.2, 0.25) is 0 Å². The zero-order valence-corrected chi connectivity index (χ0v) is 6.57. The molecule has 0 aromatic carbocycles. The van der Waals surface area contributed by atoms with Crippen molar-refractivity contribution >= 4 is 60.1 Å². The van der Waals surface area contributed by atoms with Gasteiger partial charge in [0, 0.05) is 0 Å². The summed E-state index contributed by atoms with van der Waals surface area (Å²) in [5.41, 5.74) is 0. The fraction of sp³-hybridized carbons (Fsp3) is 0.500. The summed E-state index contributed by atoms with van der Waals surface area (Å²) in [6, 6.07) is 0. The van der Waals surface area contributed by atoms with Crippen LogP contribution in [0.4, 0.5) is 0 Å². The van der Waals surface area contributed by atoms with E-state index in [9.17, 15) is 18.0 Å². The van der Waals surface area contributed by atoms with Crippen LogP contribution in [0.5, 0.6) is 0 Å². The zero-order valence-electron chi connectivity index (χ0n) is 5.76. The first kappa shape index (κ1) is 15.6. The van der Waals surface area contributed by atoms with Crippen LogP contribution in [0.1, 0.15) is 12.8 Å². The van der Waals surface area contributed by atoms with Crippen molar-refractivity contribution in [1.29, 1.82) is 0 Å². The van der Waals surface area contributed by atoms with E-state index in [1.54, 1.807) is 0 Å². The quantitative estimate of drug-likeness (QED) is 0.443. The number of carbonyl (C=O) groups is 2. The molecule has 0 aliphatic heterocycles. The third-order valence-corrected chi connectivity index (χ3v) is 1.14. The van der Waals surface area contributed by atoms with E-state index >= 15 is 0 Å². The van der Waals surface area contributed by atoms with Gasteiger partial charge in [-0.25, -0.2) is 0 Å². The third kappa shape index (κ3) is 12.1. The molecule has 0 amide bonds. The first-order valence-electron chi connectivity index (χ1n) is 2.73. The summed E-state index contributed by atoms with van der Waals surface area (Å²) in [5, 5.41) is 8.04. The number of carboxylic acid groups (broad SMARTS) is 1. The molecule has 0 unspecified atom stereocenters. The molecule has 0 bridgehead atoms. The summed E-state index contributed by atoms with van der Waals surface area (Å²) in [7, 11) is -4.81. The van der Waals surface area contributed by atoms with Gasteiger partial charge in [-0.1, -0.05) is 0 Å². The second-order valence-corrected chi connectivity index (χ2v) is 2.80. The molecule has 0 fully saturated rings. The van der Waals surface area contributed by atoms with Crippen LogP contribution in [0, 0.1) is 0 Å². The van der Waals surface area contributed by atoms with E-state index in [2.05, 4.69) is 4.18 Å². The van der Waals surface area contributed by atoms with Crippen molar-refractivity contribution in [2.45, 2.75) is 12.8 Å². The molecule has 0 atom stereocenters. The van der Waals surface area contributed by atoms with E-state index < -0.39 is 35.2 Å². The van der Waals surface area contributed by atoms with E-state index in [4.69, 9.17) is 9.66 Å². The topological polar surface area (TPSA) is 118 Å². The predicted octanol–water partition coefficient (Wildman–Crippen LogP) is -1.72. The molecule has 0 aromatic heterocycles. The van der Waals surface area contributed by atoms with Gasteiger partial charge in [0.1, 0.15) is 0 Å². The molecule has 7 nitrogen and oxygen atoms in total. The molecule has 74 valence electrons. The van der Waals surface area contributed by atoms with Crippen LogP contribution in [0.15, 0.2) is 0 Å². The SMILES string of the molecule is O=C(O)CCC(=O)OS(=O)(=O)O.[CaH2]. The monoisotopic (exact) mass is 240 g/mol. The van der Waals surface area contributed by atoms with Crippen molar-refractivity contribution in [2.24, 2.45) is 0 Å². The number of carboxylic acids is 1. The van der Waals surface area contributed by atoms with E-state index in [-0.39, 0.29) is 37.7 Å². The van der Waals surface area contributed by atoms with Gasteiger partial charge in [-0.05, 0) is 0 Å². The molecular formula is C4H8CaO7S.